The van der Waals surface area contributed by atoms with Gasteiger partial charge >= 0.3 is 0 Å². The zero-order valence-electron chi connectivity index (χ0n) is 8.66. The van der Waals surface area contributed by atoms with Gasteiger partial charge in [0.05, 0.1) is 16.8 Å². The third-order valence-corrected chi connectivity index (χ3v) is 3.26. The summed E-state index contributed by atoms with van der Waals surface area (Å²) in [6.45, 7) is 0.630. The highest BCUT2D eigenvalue weighted by Crippen LogP contribution is 2.43. The second kappa shape index (κ2) is 4.45. The number of nitrogen functional groups attached to an aromatic ring is 1. The van der Waals surface area contributed by atoms with E-state index < -0.39 is 0 Å². The maximum absolute atomic E-state index is 5.82. The Morgan fingerprint density at radius 3 is 2.80 bits per heavy atom. The summed E-state index contributed by atoms with van der Waals surface area (Å²) in [7, 11) is 1.67. The fourth-order valence-corrected chi connectivity index (χ4v) is 1.97. The molecule has 1 fully saturated rings. The molecule has 0 radical (unpaired) electrons. The van der Waals surface area contributed by atoms with E-state index in [9.17, 15) is 0 Å². The summed E-state index contributed by atoms with van der Waals surface area (Å²) in [5.41, 5.74) is 6.88. The van der Waals surface area contributed by atoms with Crippen LogP contribution >= 0.6 is 15.9 Å². The Hall–Kier alpha value is -0.680. The molecule has 2 N–H and O–H groups in total. The Kier molecular flexibility index (Phi) is 3.21. The van der Waals surface area contributed by atoms with Crippen LogP contribution < -0.4 is 5.73 Å². The maximum atomic E-state index is 5.82. The highest BCUT2D eigenvalue weighted by atomic mass is 79.9. The van der Waals surface area contributed by atoms with Crippen molar-refractivity contribution in [2.24, 2.45) is 0 Å². The van der Waals surface area contributed by atoms with Crippen molar-refractivity contribution in [2.75, 3.05) is 19.5 Å². The monoisotopic (exact) mass is 271 g/mol. The summed E-state index contributed by atoms with van der Waals surface area (Å²) in [5, 5.41) is 0. The second-order valence-corrected chi connectivity index (χ2v) is 4.53. The lowest BCUT2D eigenvalue weighted by atomic mass is 10.2. The van der Waals surface area contributed by atoms with Crippen molar-refractivity contribution >= 4 is 21.7 Å². The zero-order valence-corrected chi connectivity index (χ0v) is 10.2. The lowest BCUT2D eigenvalue weighted by Gasteiger charge is -2.07. The standard InChI is InChI=1S/C10H14BrN3O/c1-15-5-4-7-13-9(6-2-3-6)8(11)10(12)14-7/h6H,2-5H2,1H3,(H2,12,13,14). The highest BCUT2D eigenvalue weighted by Gasteiger charge is 2.28. The molecule has 0 bridgehead atoms. The summed E-state index contributed by atoms with van der Waals surface area (Å²) >= 11 is 3.44. The van der Waals surface area contributed by atoms with Gasteiger partial charge in [0.15, 0.2) is 0 Å². The molecular formula is C10H14BrN3O. The van der Waals surface area contributed by atoms with Crippen LogP contribution in [0.15, 0.2) is 4.47 Å². The SMILES string of the molecule is COCCc1nc(N)c(Br)c(C2CC2)n1. The van der Waals surface area contributed by atoms with Gasteiger partial charge in [-0.3, -0.25) is 0 Å². The van der Waals surface area contributed by atoms with Gasteiger partial charge < -0.3 is 10.5 Å². The van der Waals surface area contributed by atoms with Gasteiger partial charge in [0, 0.05) is 19.4 Å². The fraction of sp³-hybridized carbons (Fsp3) is 0.600. The first-order chi connectivity index (χ1) is 7.22. The number of hydrogen-bond donors (Lipinski definition) is 1. The van der Waals surface area contributed by atoms with Crippen LogP contribution in [0.4, 0.5) is 5.82 Å². The van der Waals surface area contributed by atoms with E-state index >= 15 is 0 Å². The van der Waals surface area contributed by atoms with E-state index in [0.717, 1.165) is 16.0 Å². The summed E-state index contributed by atoms with van der Waals surface area (Å²) in [4.78, 5) is 8.74. The van der Waals surface area contributed by atoms with Crippen LogP contribution in [-0.2, 0) is 11.2 Å². The first-order valence-corrected chi connectivity index (χ1v) is 5.82. The summed E-state index contributed by atoms with van der Waals surface area (Å²) < 4.78 is 5.87. The number of nitrogens with two attached hydrogens (primary N) is 1. The second-order valence-electron chi connectivity index (χ2n) is 3.74. The average molecular weight is 272 g/mol. The number of rotatable bonds is 4. The molecule has 5 heteroatoms. The van der Waals surface area contributed by atoms with Crippen molar-refractivity contribution < 1.29 is 4.74 Å². The minimum atomic E-state index is 0.540. The molecule has 1 aliphatic carbocycles. The van der Waals surface area contributed by atoms with Crippen LogP contribution in [0.5, 0.6) is 0 Å². The van der Waals surface area contributed by atoms with Gasteiger partial charge in [-0.25, -0.2) is 9.97 Å². The predicted octanol–water partition coefficient (Wildman–Crippen LogP) is 1.89. The number of methoxy groups -OCH3 is 1. The Labute approximate surface area is 97.4 Å². The molecule has 15 heavy (non-hydrogen) atoms. The summed E-state index contributed by atoms with van der Waals surface area (Å²) in [6, 6.07) is 0. The van der Waals surface area contributed by atoms with Crippen molar-refractivity contribution in [3.8, 4) is 0 Å². The topological polar surface area (TPSA) is 61.0 Å². The van der Waals surface area contributed by atoms with Crippen molar-refractivity contribution in [3.05, 3.63) is 16.0 Å². The van der Waals surface area contributed by atoms with Crippen molar-refractivity contribution in [3.63, 3.8) is 0 Å². The third kappa shape index (κ3) is 2.46. The van der Waals surface area contributed by atoms with E-state index in [1.807, 2.05) is 0 Å². The van der Waals surface area contributed by atoms with Crippen LogP contribution in [0, 0.1) is 0 Å². The molecule has 0 atom stereocenters. The zero-order chi connectivity index (χ0) is 10.8. The molecule has 0 saturated heterocycles. The molecule has 0 aromatic carbocycles. The van der Waals surface area contributed by atoms with Gasteiger partial charge in [-0.1, -0.05) is 0 Å². The number of halogens is 1. The fourth-order valence-electron chi connectivity index (χ4n) is 1.46. The van der Waals surface area contributed by atoms with E-state index in [1.165, 1.54) is 12.8 Å². The Morgan fingerprint density at radius 1 is 1.47 bits per heavy atom. The van der Waals surface area contributed by atoms with Crippen molar-refractivity contribution in [2.45, 2.75) is 25.2 Å². The Bertz CT molecular complexity index is 366. The van der Waals surface area contributed by atoms with Crippen LogP contribution in [0.25, 0.3) is 0 Å². The average Bonchev–Trinajstić information content (AvgIpc) is 3.03. The molecule has 1 aromatic heterocycles. The minimum absolute atomic E-state index is 0.540. The predicted molar refractivity (Wildman–Crippen MR) is 61.7 cm³/mol. The molecule has 0 spiro atoms. The van der Waals surface area contributed by atoms with Gasteiger partial charge in [-0.2, -0.15) is 0 Å². The third-order valence-electron chi connectivity index (χ3n) is 2.44. The summed E-state index contributed by atoms with van der Waals surface area (Å²) in [5.74, 6) is 1.89. The summed E-state index contributed by atoms with van der Waals surface area (Å²) in [6.07, 6.45) is 3.13. The van der Waals surface area contributed by atoms with E-state index in [0.29, 0.717) is 24.8 Å². The van der Waals surface area contributed by atoms with E-state index in [4.69, 9.17) is 10.5 Å². The normalized spacial score (nSPS) is 15.6. The molecule has 0 amide bonds. The molecule has 2 rings (SSSR count). The first-order valence-electron chi connectivity index (χ1n) is 5.03. The van der Waals surface area contributed by atoms with Gasteiger partial charge in [0.1, 0.15) is 11.6 Å². The lowest BCUT2D eigenvalue weighted by Crippen LogP contribution is -2.07. The molecule has 1 aliphatic rings. The highest BCUT2D eigenvalue weighted by molar-refractivity contribution is 9.10. The molecule has 4 nitrogen and oxygen atoms in total. The molecule has 1 heterocycles. The molecular weight excluding hydrogens is 258 g/mol. The van der Waals surface area contributed by atoms with Crippen LogP contribution in [0.2, 0.25) is 0 Å². The van der Waals surface area contributed by atoms with Gasteiger partial charge in [0.2, 0.25) is 0 Å². The molecule has 0 unspecified atom stereocenters. The van der Waals surface area contributed by atoms with Crippen LogP contribution in [0.1, 0.15) is 30.3 Å². The molecule has 1 aromatic rings. The van der Waals surface area contributed by atoms with Crippen molar-refractivity contribution in [1.29, 1.82) is 0 Å². The Morgan fingerprint density at radius 2 is 2.20 bits per heavy atom. The molecule has 0 aliphatic heterocycles. The van der Waals surface area contributed by atoms with E-state index in [2.05, 4.69) is 25.9 Å². The lowest BCUT2D eigenvalue weighted by molar-refractivity contribution is 0.200. The first kappa shape index (κ1) is 10.8. The molecule has 1 saturated carbocycles. The van der Waals surface area contributed by atoms with Crippen LogP contribution in [0.3, 0.4) is 0 Å². The van der Waals surface area contributed by atoms with Gasteiger partial charge in [-0.05, 0) is 28.8 Å². The number of anilines is 1. The van der Waals surface area contributed by atoms with Gasteiger partial charge in [0.25, 0.3) is 0 Å². The number of nitrogens with zero attached hydrogens (tertiary/aromatic N) is 2. The quantitative estimate of drug-likeness (QED) is 0.909. The number of hydrogen-bond acceptors (Lipinski definition) is 4. The number of aromatic nitrogens is 2. The van der Waals surface area contributed by atoms with E-state index in [-0.39, 0.29) is 0 Å². The van der Waals surface area contributed by atoms with Crippen molar-refractivity contribution in [1.82, 2.24) is 9.97 Å². The minimum Gasteiger partial charge on any atom is -0.384 e. The van der Waals surface area contributed by atoms with Crippen LogP contribution in [-0.4, -0.2) is 23.7 Å². The number of ether oxygens (including phenoxy) is 1. The smallest absolute Gasteiger partial charge is 0.141 e. The van der Waals surface area contributed by atoms with Gasteiger partial charge in [-0.15, -0.1) is 0 Å². The van der Waals surface area contributed by atoms with E-state index in [1.54, 1.807) is 7.11 Å². The largest absolute Gasteiger partial charge is 0.384 e. The maximum Gasteiger partial charge on any atom is 0.141 e. The molecule has 82 valence electrons. The Balaban J connectivity index is 2.24.